The van der Waals surface area contributed by atoms with Gasteiger partial charge in [0.1, 0.15) is 5.82 Å². The number of nitrogens with zero attached hydrogens (tertiary/aromatic N) is 3. The van der Waals surface area contributed by atoms with Gasteiger partial charge >= 0.3 is 0 Å². The number of aliphatic hydroxyl groups is 1. The highest BCUT2D eigenvalue weighted by molar-refractivity contribution is 6.01. The summed E-state index contributed by atoms with van der Waals surface area (Å²) >= 11 is 0. The van der Waals surface area contributed by atoms with Crippen LogP contribution in [0.1, 0.15) is 24.1 Å². The molecule has 1 saturated heterocycles. The van der Waals surface area contributed by atoms with Crippen LogP contribution in [0.15, 0.2) is 17.3 Å². The molecule has 1 aromatic heterocycles. The largest absolute Gasteiger partial charge is 0.409 e. The number of oxime groups is 1. The van der Waals surface area contributed by atoms with Crippen LogP contribution in [0.4, 0.5) is 5.82 Å². The lowest BCUT2D eigenvalue weighted by molar-refractivity contribution is 0.133. The number of aliphatic hydroxyl groups excluding tert-OH is 1. The maximum absolute atomic E-state index is 10.0. The molecule has 108 valence electrons. The Morgan fingerprint density at radius 2 is 2.20 bits per heavy atom. The van der Waals surface area contributed by atoms with Crippen molar-refractivity contribution < 1.29 is 10.3 Å². The molecule has 3 unspecified atom stereocenters. The number of pyridine rings is 1. The van der Waals surface area contributed by atoms with E-state index >= 15 is 0 Å². The van der Waals surface area contributed by atoms with Gasteiger partial charge in [-0.3, -0.25) is 0 Å². The maximum Gasteiger partial charge on any atom is 0.173 e. The Bertz CT molecular complexity index is 546. The van der Waals surface area contributed by atoms with E-state index in [9.17, 15) is 5.11 Å². The van der Waals surface area contributed by atoms with Crippen LogP contribution in [0.2, 0.25) is 0 Å². The number of aryl methyl sites for hydroxylation is 1. The number of fused-ring (bicyclic) bond motifs is 1. The summed E-state index contributed by atoms with van der Waals surface area (Å²) in [4.78, 5) is 6.70. The second-order valence-electron chi connectivity index (χ2n) is 5.78. The molecule has 1 aromatic rings. The normalized spacial score (nSPS) is 29.8. The predicted octanol–water partition coefficient (Wildman–Crippen LogP) is 0.692. The number of anilines is 1. The van der Waals surface area contributed by atoms with Gasteiger partial charge in [0.2, 0.25) is 0 Å². The van der Waals surface area contributed by atoms with Gasteiger partial charge in [0, 0.05) is 24.7 Å². The van der Waals surface area contributed by atoms with Crippen LogP contribution in [-0.4, -0.2) is 40.3 Å². The van der Waals surface area contributed by atoms with Crippen molar-refractivity contribution >= 4 is 11.7 Å². The number of nitrogens with two attached hydrogens (primary N) is 1. The van der Waals surface area contributed by atoms with E-state index in [4.69, 9.17) is 10.9 Å². The molecule has 2 aliphatic rings. The van der Waals surface area contributed by atoms with E-state index < -0.39 is 0 Å². The topological polar surface area (TPSA) is 95.0 Å². The van der Waals surface area contributed by atoms with Crippen molar-refractivity contribution in [3.8, 4) is 0 Å². The molecular formula is C14H20N4O2. The zero-order chi connectivity index (χ0) is 14.3. The van der Waals surface area contributed by atoms with Crippen molar-refractivity contribution in [3.05, 3.63) is 23.4 Å². The van der Waals surface area contributed by atoms with Crippen LogP contribution in [0.3, 0.4) is 0 Å². The van der Waals surface area contributed by atoms with Gasteiger partial charge in [-0.05, 0) is 37.8 Å². The highest BCUT2D eigenvalue weighted by Gasteiger charge is 2.42. The van der Waals surface area contributed by atoms with E-state index in [1.165, 1.54) is 0 Å². The number of hydrogen-bond donors (Lipinski definition) is 3. The summed E-state index contributed by atoms with van der Waals surface area (Å²) < 4.78 is 0. The van der Waals surface area contributed by atoms with Crippen molar-refractivity contribution in [2.24, 2.45) is 22.7 Å². The lowest BCUT2D eigenvalue weighted by Crippen LogP contribution is -2.28. The first kappa shape index (κ1) is 13.2. The Morgan fingerprint density at radius 1 is 1.40 bits per heavy atom. The Hall–Kier alpha value is -1.82. The molecule has 0 aromatic carbocycles. The molecule has 0 spiro atoms. The molecule has 0 bridgehead atoms. The van der Waals surface area contributed by atoms with Crippen molar-refractivity contribution in [1.29, 1.82) is 0 Å². The summed E-state index contributed by atoms with van der Waals surface area (Å²) in [6.45, 7) is 3.59. The van der Waals surface area contributed by atoms with Crippen LogP contribution in [0, 0.1) is 18.8 Å². The van der Waals surface area contributed by atoms with Gasteiger partial charge in [-0.25, -0.2) is 4.98 Å². The lowest BCUT2D eigenvalue weighted by atomic mass is 10.00. The van der Waals surface area contributed by atoms with Crippen LogP contribution in [0.5, 0.6) is 0 Å². The van der Waals surface area contributed by atoms with Gasteiger partial charge in [-0.2, -0.15) is 0 Å². The molecule has 1 saturated carbocycles. The van der Waals surface area contributed by atoms with Gasteiger partial charge in [-0.1, -0.05) is 5.16 Å². The van der Waals surface area contributed by atoms with Gasteiger partial charge in [0.05, 0.1) is 11.7 Å². The minimum Gasteiger partial charge on any atom is -0.409 e. The van der Waals surface area contributed by atoms with E-state index in [1.54, 1.807) is 0 Å². The lowest BCUT2D eigenvalue weighted by Gasteiger charge is -2.22. The molecule has 1 aliphatic heterocycles. The first-order chi connectivity index (χ1) is 9.60. The number of aromatic nitrogens is 1. The second-order valence-corrected chi connectivity index (χ2v) is 5.78. The van der Waals surface area contributed by atoms with Gasteiger partial charge in [0.25, 0.3) is 0 Å². The fourth-order valence-corrected chi connectivity index (χ4v) is 3.45. The molecular weight excluding hydrogens is 256 g/mol. The zero-order valence-corrected chi connectivity index (χ0v) is 11.5. The fourth-order valence-electron chi connectivity index (χ4n) is 3.45. The van der Waals surface area contributed by atoms with Gasteiger partial charge in [0.15, 0.2) is 5.84 Å². The van der Waals surface area contributed by atoms with Crippen LogP contribution >= 0.6 is 0 Å². The summed E-state index contributed by atoms with van der Waals surface area (Å²) in [5, 5.41) is 22.0. The first-order valence-corrected chi connectivity index (χ1v) is 6.98. The quantitative estimate of drug-likeness (QED) is 0.320. The van der Waals surface area contributed by atoms with E-state index in [-0.39, 0.29) is 11.9 Å². The Labute approximate surface area is 117 Å². The van der Waals surface area contributed by atoms with Crippen molar-refractivity contribution in [3.63, 3.8) is 0 Å². The highest BCUT2D eigenvalue weighted by atomic mass is 16.4. The molecule has 6 nitrogen and oxygen atoms in total. The van der Waals surface area contributed by atoms with Crippen molar-refractivity contribution in [1.82, 2.24) is 4.98 Å². The minimum atomic E-state index is -0.206. The molecule has 20 heavy (non-hydrogen) atoms. The van der Waals surface area contributed by atoms with E-state index in [0.717, 1.165) is 37.4 Å². The third kappa shape index (κ3) is 2.10. The standard InChI is InChI=1S/C14H20N4O2/c1-8-2-4-10(13(15)17-20)14(16-8)18-6-9-3-5-12(19)11(9)7-18/h2,4,9,11-12,19-20H,3,5-7H2,1H3,(H2,15,17). The van der Waals surface area contributed by atoms with Gasteiger partial charge < -0.3 is 20.9 Å². The molecule has 2 fully saturated rings. The summed E-state index contributed by atoms with van der Waals surface area (Å²) in [5.74, 6) is 1.66. The maximum atomic E-state index is 10.0. The van der Waals surface area contributed by atoms with Crippen molar-refractivity contribution in [2.75, 3.05) is 18.0 Å². The molecule has 2 heterocycles. The van der Waals surface area contributed by atoms with Crippen LogP contribution < -0.4 is 10.6 Å². The first-order valence-electron chi connectivity index (χ1n) is 6.98. The number of hydrogen-bond acceptors (Lipinski definition) is 5. The third-order valence-corrected chi connectivity index (χ3v) is 4.52. The molecule has 0 radical (unpaired) electrons. The van der Waals surface area contributed by atoms with E-state index in [1.807, 2.05) is 19.1 Å². The average molecular weight is 276 g/mol. The average Bonchev–Trinajstić information content (AvgIpc) is 3.00. The summed E-state index contributed by atoms with van der Waals surface area (Å²) in [7, 11) is 0. The zero-order valence-electron chi connectivity index (χ0n) is 11.5. The van der Waals surface area contributed by atoms with Crippen LogP contribution in [0.25, 0.3) is 0 Å². The molecule has 0 amide bonds. The third-order valence-electron chi connectivity index (χ3n) is 4.52. The monoisotopic (exact) mass is 276 g/mol. The smallest absolute Gasteiger partial charge is 0.173 e. The Kier molecular flexibility index (Phi) is 3.25. The molecule has 3 rings (SSSR count). The minimum absolute atomic E-state index is 0.0742. The van der Waals surface area contributed by atoms with E-state index in [2.05, 4.69) is 15.0 Å². The number of rotatable bonds is 2. The van der Waals surface area contributed by atoms with Gasteiger partial charge in [-0.15, -0.1) is 0 Å². The Morgan fingerprint density at radius 3 is 2.90 bits per heavy atom. The SMILES string of the molecule is Cc1ccc(/C(N)=N/O)c(N2CC3CCC(O)C3C2)n1. The second kappa shape index (κ2) is 4.94. The molecule has 1 aliphatic carbocycles. The summed E-state index contributed by atoms with van der Waals surface area (Å²) in [5.41, 5.74) is 7.28. The molecule has 4 N–H and O–H groups in total. The summed E-state index contributed by atoms with van der Waals surface area (Å²) in [6.07, 6.45) is 1.76. The highest BCUT2D eigenvalue weighted by Crippen LogP contribution is 2.40. The molecule has 3 atom stereocenters. The van der Waals surface area contributed by atoms with E-state index in [0.29, 0.717) is 17.4 Å². The van der Waals surface area contributed by atoms with Crippen LogP contribution in [-0.2, 0) is 0 Å². The fraction of sp³-hybridized carbons (Fsp3) is 0.571. The Balaban J connectivity index is 1.93. The summed E-state index contributed by atoms with van der Waals surface area (Å²) in [6, 6.07) is 3.68. The number of amidine groups is 1. The molecule has 6 heteroatoms. The predicted molar refractivity (Wildman–Crippen MR) is 75.9 cm³/mol. The van der Waals surface area contributed by atoms with Crippen molar-refractivity contribution in [2.45, 2.75) is 25.9 Å².